The summed E-state index contributed by atoms with van der Waals surface area (Å²) in [5, 5.41) is 0. The van der Waals surface area contributed by atoms with Gasteiger partial charge in [0.25, 0.3) is 0 Å². The minimum Gasteiger partial charge on any atom is -0.497 e. The maximum Gasteiger partial charge on any atom is 0.118 e. The first kappa shape index (κ1) is 12.1. The first-order chi connectivity index (χ1) is 8.33. The summed E-state index contributed by atoms with van der Waals surface area (Å²) >= 11 is 1.84. The first-order valence-electron chi connectivity index (χ1n) is 5.76. The summed E-state index contributed by atoms with van der Waals surface area (Å²) in [6.07, 6.45) is 2.14. The number of methoxy groups -OCH3 is 1. The van der Waals surface area contributed by atoms with E-state index in [-0.39, 0.29) is 0 Å². The summed E-state index contributed by atoms with van der Waals surface area (Å²) in [6.45, 7) is 0.760. The van der Waals surface area contributed by atoms with E-state index in [1.54, 1.807) is 7.11 Å². The summed E-state index contributed by atoms with van der Waals surface area (Å²) in [5.74, 6) is 0.897. The minimum atomic E-state index is 0.760. The molecular weight excluding hydrogens is 230 g/mol. The Hall–Kier alpha value is -1.32. The van der Waals surface area contributed by atoms with Crippen molar-refractivity contribution in [3.05, 3.63) is 41.3 Å². The molecule has 0 aliphatic carbocycles. The van der Waals surface area contributed by atoms with Crippen molar-refractivity contribution in [1.82, 2.24) is 0 Å². The third-order valence-corrected chi connectivity index (χ3v) is 3.86. The number of benzene rings is 1. The summed E-state index contributed by atoms with van der Waals surface area (Å²) in [6, 6.07) is 12.6. The molecule has 1 heterocycles. The molecule has 0 bridgehead atoms. The van der Waals surface area contributed by atoms with E-state index in [9.17, 15) is 0 Å². The Morgan fingerprint density at radius 1 is 1.12 bits per heavy atom. The van der Waals surface area contributed by atoms with E-state index in [1.165, 1.54) is 15.3 Å². The fourth-order valence-corrected chi connectivity index (χ4v) is 2.75. The van der Waals surface area contributed by atoms with Crippen LogP contribution in [0.25, 0.3) is 10.4 Å². The molecule has 90 valence electrons. The zero-order chi connectivity index (χ0) is 12.1. The molecule has 2 N–H and O–H groups in total. The second kappa shape index (κ2) is 5.84. The molecule has 17 heavy (non-hydrogen) atoms. The Balaban J connectivity index is 2.12. The molecule has 0 spiro atoms. The highest BCUT2D eigenvalue weighted by Crippen LogP contribution is 2.29. The van der Waals surface area contributed by atoms with E-state index in [2.05, 4.69) is 24.3 Å². The van der Waals surface area contributed by atoms with Crippen LogP contribution in [0.1, 0.15) is 11.3 Å². The monoisotopic (exact) mass is 247 g/mol. The molecule has 1 aromatic heterocycles. The number of hydrogen-bond acceptors (Lipinski definition) is 3. The fourth-order valence-electron chi connectivity index (χ4n) is 1.70. The zero-order valence-corrected chi connectivity index (χ0v) is 10.8. The summed E-state index contributed by atoms with van der Waals surface area (Å²) < 4.78 is 5.15. The largest absolute Gasteiger partial charge is 0.497 e. The third-order valence-electron chi connectivity index (χ3n) is 2.66. The second-order valence-corrected chi connectivity index (χ2v) is 5.06. The van der Waals surface area contributed by atoms with Gasteiger partial charge in [0.05, 0.1) is 7.11 Å². The predicted octanol–water partition coefficient (Wildman–Crippen LogP) is 3.32. The van der Waals surface area contributed by atoms with Crippen molar-refractivity contribution < 1.29 is 4.74 Å². The van der Waals surface area contributed by atoms with Gasteiger partial charge in [-0.05, 0) is 61.3 Å². The summed E-state index contributed by atoms with van der Waals surface area (Å²) in [7, 11) is 1.69. The van der Waals surface area contributed by atoms with Gasteiger partial charge in [0.15, 0.2) is 0 Å². The van der Waals surface area contributed by atoms with Gasteiger partial charge in [0.1, 0.15) is 5.75 Å². The van der Waals surface area contributed by atoms with Crippen molar-refractivity contribution in [3.63, 3.8) is 0 Å². The molecule has 2 nitrogen and oxygen atoms in total. The van der Waals surface area contributed by atoms with Crippen LogP contribution in [0.15, 0.2) is 36.4 Å². The number of aryl methyl sites for hydroxylation is 1. The number of hydrogen-bond donors (Lipinski definition) is 1. The predicted molar refractivity (Wildman–Crippen MR) is 73.7 cm³/mol. The fraction of sp³-hybridized carbons (Fsp3) is 0.286. The normalized spacial score (nSPS) is 10.5. The van der Waals surface area contributed by atoms with Crippen LogP contribution in [0.5, 0.6) is 5.75 Å². The van der Waals surface area contributed by atoms with Gasteiger partial charge in [0.2, 0.25) is 0 Å². The summed E-state index contributed by atoms with van der Waals surface area (Å²) in [4.78, 5) is 2.71. The molecule has 0 aliphatic rings. The van der Waals surface area contributed by atoms with Crippen molar-refractivity contribution >= 4 is 11.3 Å². The average molecular weight is 247 g/mol. The lowest BCUT2D eigenvalue weighted by Crippen LogP contribution is -1.99. The highest BCUT2D eigenvalue weighted by atomic mass is 32.1. The van der Waals surface area contributed by atoms with E-state index in [4.69, 9.17) is 10.5 Å². The van der Waals surface area contributed by atoms with E-state index in [0.717, 1.165) is 25.1 Å². The van der Waals surface area contributed by atoms with E-state index in [0.29, 0.717) is 0 Å². The van der Waals surface area contributed by atoms with Gasteiger partial charge in [-0.2, -0.15) is 0 Å². The van der Waals surface area contributed by atoms with Gasteiger partial charge in [-0.25, -0.2) is 0 Å². The Labute approximate surface area is 106 Å². The first-order valence-corrected chi connectivity index (χ1v) is 6.58. The summed E-state index contributed by atoms with van der Waals surface area (Å²) in [5.41, 5.74) is 6.76. The van der Waals surface area contributed by atoms with Gasteiger partial charge in [0, 0.05) is 9.75 Å². The molecule has 1 aromatic carbocycles. The van der Waals surface area contributed by atoms with Gasteiger partial charge >= 0.3 is 0 Å². The molecular formula is C14H17NOS. The third kappa shape index (κ3) is 3.08. The molecule has 3 heteroatoms. The molecule has 0 fully saturated rings. The average Bonchev–Trinajstić information content (AvgIpc) is 2.85. The second-order valence-electron chi connectivity index (χ2n) is 3.89. The lowest BCUT2D eigenvalue weighted by molar-refractivity contribution is 0.415. The van der Waals surface area contributed by atoms with Crippen LogP contribution in [-0.4, -0.2) is 13.7 Å². The Morgan fingerprint density at radius 2 is 1.88 bits per heavy atom. The molecule has 0 atom stereocenters. The molecule has 0 saturated carbocycles. The van der Waals surface area contributed by atoms with Crippen LogP contribution in [-0.2, 0) is 6.42 Å². The van der Waals surface area contributed by atoms with Gasteiger partial charge in [-0.1, -0.05) is 0 Å². The van der Waals surface area contributed by atoms with Crippen molar-refractivity contribution in [2.24, 2.45) is 5.73 Å². The molecule has 2 aromatic rings. The molecule has 0 unspecified atom stereocenters. The van der Waals surface area contributed by atoms with Crippen LogP contribution in [0.2, 0.25) is 0 Å². The van der Waals surface area contributed by atoms with E-state index >= 15 is 0 Å². The SMILES string of the molecule is COc1ccc(-c2ccc(CCCN)s2)cc1. The van der Waals surface area contributed by atoms with Crippen LogP contribution >= 0.6 is 11.3 Å². The van der Waals surface area contributed by atoms with Crippen molar-refractivity contribution in [3.8, 4) is 16.2 Å². The van der Waals surface area contributed by atoms with E-state index in [1.807, 2.05) is 23.5 Å². The number of nitrogens with two attached hydrogens (primary N) is 1. The van der Waals surface area contributed by atoms with Gasteiger partial charge < -0.3 is 10.5 Å². The topological polar surface area (TPSA) is 35.2 Å². The van der Waals surface area contributed by atoms with Crippen LogP contribution in [0.3, 0.4) is 0 Å². The van der Waals surface area contributed by atoms with Crippen LogP contribution in [0.4, 0.5) is 0 Å². The Kier molecular flexibility index (Phi) is 4.18. The standard InChI is InChI=1S/C14H17NOS/c1-16-12-6-4-11(5-7-12)14-9-8-13(17-14)3-2-10-15/h4-9H,2-3,10,15H2,1H3. The van der Waals surface area contributed by atoms with Crippen LogP contribution in [0, 0.1) is 0 Å². The Morgan fingerprint density at radius 3 is 2.53 bits per heavy atom. The van der Waals surface area contributed by atoms with Crippen molar-refractivity contribution in [1.29, 1.82) is 0 Å². The number of ether oxygens (including phenoxy) is 1. The molecule has 0 aliphatic heterocycles. The van der Waals surface area contributed by atoms with Gasteiger partial charge in [-0.15, -0.1) is 11.3 Å². The highest BCUT2D eigenvalue weighted by molar-refractivity contribution is 7.15. The van der Waals surface area contributed by atoms with Crippen LogP contribution < -0.4 is 10.5 Å². The quantitative estimate of drug-likeness (QED) is 0.879. The molecule has 0 radical (unpaired) electrons. The van der Waals surface area contributed by atoms with E-state index < -0.39 is 0 Å². The lowest BCUT2D eigenvalue weighted by atomic mass is 10.2. The molecule has 0 saturated heterocycles. The smallest absolute Gasteiger partial charge is 0.118 e. The maximum absolute atomic E-state index is 5.52. The Bertz CT molecular complexity index is 461. The molecule has 0 amide bonds. The van der Waals surface area contributed by atoms with Gasteiger partial charge in [-0.3, -0.25) is 0 Å². The number of rotatable bonds is 5. The minimum absolute atomic E-state index is 0.760. The maximum atomic E-state index is 5.52. The zero-order valence-electron chi connectivity index (χ0n) is 9.98. The van der Waals surface area contributed by atoms with Crippen molar-refractivity contribution in [2.75, 3.05) is 13.7 Å². The molecule has 2 rings (SSSR count). The number of thiophene rings is 1. The van der Waals surface area contributed by atoms with Crippen molar-refractivity contribution in [2.45, 2.75) is 12.8 Å². The lowest BCUT2D eigenvalue weighted by Gasteiger charge is -2.00. The highest BCUT2D eigenvalue weighted by Gasteiger charge is 2.03.